The number of nitrogens with one attached hydrogen (secondary N) is 1. The topological polar surface area (TPSA) is 78.4 Å². The maximum Gasteiger partial charge on any atom is 0.433 e. The highest BCUT2D eigenvalue weighted by molar-refractivity contribution is 5.88. The van der Waals surface area contributed by atoms with E-state index in [0.717, 1.165) is 12.3 Å². The van der Waals surface area contributed by atoms with Crippen LogP contribution in [0, 0.1) is 11.8 Å². The van der Waals surface area contributed by atoms with E-state index in [-0.39, 0.29) is 29.6 Å². The molecule has 3 aliphatic heterocycles. The van der Waals surface area contributed by atoms with Crippen LogP contribution in [-0.4, -0.2) is 58.9 Å². The summed E-state index contributed by atoms with van der Waals surface area (Å²) in [4.78, 5) is 35.3. The minimum atomic E-state index is -4.50. The van der Waals surface area contributed by atoms with Gasteiger partial charge in [0.15, 0.2) is 0 Å². The van der Waals surface area contributed by atoms with Crippen molar-refractivity contribution in [2.75, 3.05) is 31.1 Å². The average Bonchev–Trinajstić information content (AvgIpc) is 3.19. The summed E-state index contributed by atoms with van der Waals surface area (Å²) in [6.07, 6.45) is -1.55. The van der Waals surface area contributed by atoms with Crippen molar-refractivity contribution >= 4 is 17.8 Å². The van der Waals surface area contributed by atoms with Gasteiger partial charge in [0, 0.05) is 50.6 Å². The van der Waals surface area contributed by atoms with Crippen LogP contribution in [0.1, 0.15) is 25.0 Å². The summed E-state index contributed by atoms with van der Waals surface area (Å²) < 4.78 is 38.5. The Morgan fingerprint density at radius 1 is 1.19 bits per heavy atom. The van der Waals surface area contributed by atoms with Crippen LogP contribution in [-0.2, 0) is 15.8 Å². The average molecular weight is 383 g/mol. The number of fused-ring (bicyclic) bond motifs is 1. The van der Waals surface area contributed by atoms with Gasteiger partial charge in [-0.25, -0.2) is 9.97 Å². The molecule has 0 saturated carbocycles. The smallest absolute Gasteiger partial charge is 0.344 e. The lowest BCUT2D eigenvalue weighted by atomic mass is 10.0. The lowest BCUT2D eigenvalue weighted by molar-refractivity contribution is -0.141. The molecule has 3 unspecified atom stereocenters. The highest BCUT2D eigenvalue weighted by Crippen LogP contribution is 2.34. The number of hydrogen-bond donors (Lipinski definition) is 1. The molecule has 3 saturated heterocycles. The van der Waals surface area contributed by atoms with Crippen molar-refractivity contribution < 1.29 is 22.8 Å². The van der Waals surface area contributed by atoms with Crippen LogP contribution >= 0.6 is 0 Å². The number of halogens is 3. The van der Waals surface area contributed by atoms with Gasteiger partial charge >= 0.3 is 6.18 Å². The van der Waals surface area contributed by atoms with Crippen molar-refractivity contribution in [1.82, 2.24) is 20.2 Å². The van der Waals surface area contributed by atoms with E-state index in [1.165, 1.54) is 0 Å². The zero-order valence-corrected chi connectivity index (χ0v) is 14.6. The molecule has 4 heterocycles. The van der Waals surface area contributed by atoms with Crippen LogP contribution in [0.4, 0.5) is 19.1 Å². The predicted molar refractivity (Wildman–Crippen MR) is 88.6 cm³/mol. The first-order chi connectivity index (χ1) is 12.8. The highest BCUT2D eigenvalue weighted by Gasteiger charge is 2.44. The number of piperidine rings is 1. The van der Waals surface area contributed by atoms with Crippen molar-refractivity contribution in [2.24, 2.45) is 11.8 Å². The molecule has 1 aromatic rings. The number of carbonyl (C=O) groups excluding carboxylic acids is 2. The van der Waals surface area contributed by atoms with Gasteiger partial charge < -0.3 is 15.1 Å². The van der Waals surface area contributed by atoms with Gasteiger partial charge in [-0.1, -0.05) is 0 Å². The van der Waals surface area contributed by atoms with E-state index in [1.54, 1.807) is 9.80 Å². The zero-order valence-electron chi connectivity index (χ0n) is 14.6. The first-order valence-corrected chi connectivity index (χ1v) is 9.04. The van der Waals surface area contributed by atoms with Gasteiger partial charge in [0.05, 0.1) is 0 Å². The number of alkyl halides is 3. The molecular formula is C17H20F3N5O2. The zero-order chi connectivity index (χ0) is 19.2. The van der Waals surface area contributed by atoms with E-state index in [0.29, 0.717) is 45.4 Å². The Morgan fingerprint density at radius 2 is 1.89 bits per heavy atom. The van der Waals surface area contributed by atoms with E-state index < -0.39 is 17.9 Å². The van der Waals surface area contributed by atoms with E-state index in [9.17, 15) is 22.8 Å². The second kappa shape index (κ2) is 6.65. The Hall–Kier alpha value is -2.39. The Labute approximate surface area is 153 Å². The Kier molecular flexibility index (Phi) is 4.43. The van der Waals surface area contributed by atoms with Gasteiger partial charge in [0.25, 0.3) is 0 Å². The van der Waals surface area contributed by atoms with E-state index in [1.807, 2.05) is 0 Å². The number of likely N-dealkylation sites (tertiary alicyclic amines) is 1. The molecule has 10 heteroatoms. The van der Waals surface area contributed by atoms with Crippen molar-refractivity contribution in [2.45, 2.75) is 31.5 Å². The van der Waals surface area contributed by atoms with Crippen LogP contribution in [0.15, 0.2) is 12.3 Å². The van der Waals surface area contributed by atoms with Crippen LogP contribution in [0.3, 0.4) is 0 Å². The SMILES string of the molecule is O=C1CCCC(C(=O)N2CC3CN(c4nccc(C(F)(F)F)n4)CC3C2)N1. The molecule has 4 rings (SSSR count). The number of hydrogen-bond acceptors (Lipinski definition) is 5. The number of anilines is 1. The monoisotopic (exact) mass is 383 g/mol. The first kappa shape index (κ1) is 18.0. The quantitative estimate of drug-likeness (QED) is 0.826. The van der Waals surface area contributed by atoms with Crippen molar-refractivity contribution in [3.05, 3.63) is 18.0 Å². The van der Waals surface area contributed by atoms with Crippen molar-refractivity contribution in [1.29, 1.82) is 0 Å². The van der Waals surface area contributed by atoms with Gasteiger partial charge in [-0.2, -0.15) is 13.2 Å². The molecule has 1 aromatic heterocycles. The van der Waals surface area contributed by atoms with Crippen molar-refractivity contribution in [3.63, 3.8) is 0 Å². The van der Waals surface area contributed by atoms with Gasteiger partial charge in [-0.05, 0) is 18.9 Å². The number of rotatable bonds is 2. The van der Waals surface area contributed by atoms with Gasteiger partial charge in [-0.15, -0.1) is 0 Å². The Balaban J connectivity index is 1.38. The second-order valence-electron chi connectivity index (χ2n) is 7.42. The maximum absolute atomic E-state index is 12.8. The van der Waals surface area contributed by atoms with Gasteiger partial charge in [0.2, 0.25) is 17.8 Å². The molecule has 27 heavy (non-hydrogen) atoms. The van der Waals surface area contributed by atoms with Crippen molar-refractivity contribution in [3.8, 4) is 0 Å². The molecule has 3 fully saturated rings. The fraction of sp³-hybridized carbons (Fsp3) is 0.647. The Morgan fingerprint density at radius 3 is 2.52 bits per heavy atom. The summed E-state index contributed by atoms with van der Waals surface area (Å²) in [5, 5.41) is 2.75. The van der Waals surface area contributed by atoms with Crippen LogP contribution in [0.25, 0.3) is 0 Å². The molecule has 0 radical (unpaired) electrons. The summed E-state index contributed by atoms with van der Waals surface area (Å²) in [7, 11) is 0. The summed E-state index contributed by atoms with van der Waals surface area (Å²) in [5.41, 5.74) is -0.950. The molecular weight excluding hydrogens is 363 g/mol. The molecule has 3 atom stereocenters. The number of aromatic nitrogens is 2. The molecule has 146 valence electrons. The van der Waals surface area contributed by atoms with E-state index in [4.69, 9.17) is 0 Å². The maximum atomic E-state index is 12.8. The summed E-state index contributed by atoms with van der Waals surface area (Å²) in [5.74, 6) is 0.278. The molecule has 3 aliphatic rings. The lowest BCUT2D eigenvalue weighted by Gasteiger charge is -2.28. The number of nitrogens with zero attached hydrogens (tertiary/aromatic N) is 4. The molecule has 1 N–H and O–H groups in total. The molecule has 7 nitrogen and oxygen atoms in total. The fourth-order valence-electron chi connectivity index (χ4n) is 4.21. The molecule has 0 aliphatic carbocycles. The third-order valence-corrected chi connectivity index (χ3v) is 5.54. The third kappa shape index (κ3) is 3.57. The van der Waals surface area contributed by atoms with Gasteiger partial charge in [0.1, 0.15) is 11.7 Å². The molecule has 0 bridgehead atoms. The number of carbonyl (C=O) groups is 2. The summed E-state index contributed by atoms with van der Waals surface area (Å²) >= 11 is 0. The normalized spacial score (nSPS) is 28.3. The van der Waals surface area contributed by atoms with E-state index >= 15 is 0 Å². The highest BCUT2D eigenvalue weighted by atomic mass is 19.4. The molecule has 0 aromatic carbocycles. The molecule has 2 amide bonds. The van der Waals surface area contributed by atoms with E-state index in [2.05, 4.69) is 15.3 Å². The first-order valence-electron chi connectivity index (χ1n) is 9.04. The largest absolute Gasteiger partial charge is 0.433 e. The predicted octanol–water partition coefficient (Wildman–Crippen LogP) is 1.06. The minimum absolute atomic E-state index is 0.0562. The van der Waals surface area contributed by atoms with Crippen LogP contribution < -0.4 is 10.2 Å². The summed E-state index contributed by atoms with van der Waals surface area (Å²) in [6, 6.07) is 0.409. The second-order valence-corrected chi connectivity index (χ2v) is 7.42. The Bertz CT molecular complexity index is 742. The minimum Gasteiger partial charge on any atom is -0.344 e. The number of amides is 2. The van der Waals surface area contributed by atoms with Crippen LogP contribution in [0.2, 0.25) is 0 Å². The fourth-order valence-corrected chi connectivity index (χ4v) is 4.21. The molecule has 0 spiro atoms. The lowest BCUT2D eigenvalue weighted by Crippen LogP contribution is -2.50. The van der Waals surface area contributed by atoms with Gasteiger partial charge in [-0.3, -0.25) is 9.59 Å². The summed E-state index contributed by atoms with van der Waals surface area (Å²) in [6.45, 7) is 2.14. The van der Waals surface area contributed by atoms with Crippen LogP contribution in [0.5, 0.6) is 0 Å². The third-order valence-electron chi connectivity index (χ3n) is 5.54. The standard InChI is InChI=1S/C17H20F3N5O2/c18-17(19,20)13-4-5-21-16(23-13)25-8-10-6-24(7-11(10)9-25)15(27)12-2-1-3-14(26)22-12/h4-5,10-12H,1-3,6-9H2,(H,22,26).